The minimum atomic E-state index is -0.960. The highest BCUT2D eigenvalue weighted by atomic mass is 19.1. The van der Waals surface area contributed by atoms with Gasteiger partial charge in [-0.15, -0.1) is 0 Å². The largest absolute Gasteiger partial charge is 0.444 e. The maximum Gasteiger partial charge on any atom is 0.411 e. The van der Waals surface area contributed by atoms with Crippen LogP contribution < -0.4 is 10.6 Å². The average molecular weight is 519 g/mol. The van der Waals surface area contributed by atoms with E-state index in [4.69, 9.17) is 4.74 Å². The molecule has 3 amide bonds. The monoisotopic (exact) mass is 518 g/mol. The zero-order valence-electron chi connectivity index (χ0n) is 21.7. The highest BCUT2D eigenvalue weighted by Gasteiger charge is 2.52. The summed E-state index contributed by atoms with van der Waals surface area (Å²) in [6.45, 7) is 5.34. The van der Waals surface area contributed by atoms with E-state index in [-0.39, 0.29) is 24.3 Å². The zero-order valence-corrected chi connectivity index (χ0v) is 21.7. The SMILES string of the molecule is CC(C)(C)OC(=O)N1[C@@H]2CCC(C2)[C@H]1C(=O)NC(C#N)Cc1ccc(-c2ccc3c(c2)NC(=O)C3)cc1F. The summed E-state index contributed by atoms with van der Waals surface area (Å²) in [5.74, 6) is -0.952. The van der Waals surface area contributed by atoms with Crippen LogP contribution in [-0.2, 0) is 27.2 Å². The number of ether oxygens (including phenoxy) is 1. The van der Waals surface area contributed by atoms with Crippen molar-refractivity contribution in [2.75, 3.05) is 5.32 Å². The smallest absolute Gasteiger partial charge is 0.411 e. The Labute approximate surface area is 221 Å². The van der Waals surface area contributed by atoms with Crippen LogP contribution in [0.5, 0.6) is 0 Å². The van der Waals surface area contributed by atoms with Gasteiger partial charge >= 0.3 is 6.09 Å². The molecule has 0 radical (unpaired) electrons. The Bertz CT molecular complexity index is 1350. The number of rotatable bonds is 5. The third-order valence-electron chi connectivity index (χ3n) is 7.48. The fourth-order valence-electron chi connectivity index (χ4n) is 5.80. The van der Waals surface area contributed by atoms with E-state index in [0.717, 1.165) is 36.1 Å². The summed E-state index contributed by atoms with van der Waals surface area (Å²) >= 11 is 0. The number of carbonyl (C=O) groups excluding carboxylic acids is 3. The van der Waals surface area contributed by atoms with E-state index in [1.54, 1.807) is 32.9 Å². The number of halogens is 1. The van der Waals surface area contributed by atoms with Gasteiger partial charge in [-0.2, -0.15) is 5.26 Å². The van der Waals surface area contributed by atoms with Crippen molar-refractivity contribution in [2.24, 2.45) is 5.92 Å². The van der Waals surface area contributed by atoms with E-state index in [9.17, 15) is 19.6 Å². The summed E-state index contributed by atoms with van der Waals surface area (Å²) < 4.78 is 20.6. The van der Waals surface area contributed by atoms with Gasteiger partial charge in [0.15, 0.2) is 0 Å². The van der Waals surface area contributed by atoms with Crippen LogP contribution in [-0.4, -0.2) is 46.5 Å². The first-order valence-corrected chi connectivity index (χ1v) is 13.0. The number of anilines is 1. The lowest BCUT2D eigenvalue weighted by molar-refractivity contribution is -0.128. The van der Waals surface area contributed by atoms with Crippen LogP contribution in [0, 0.1) is 23.1 Å². The predicted octanol–water partition coefficient (Wildman–Crippen LogP) is 4.33. The molecule has 5 rings (SSSR count). The molecule has 1 aliphatic carbocycles. The third kappa shape index (κ3) is 5.08. The standard InChI is InChI=1S/C29H31FN4O4/c1-29(2,3)38-28(37)34-22-9-8-20(11-22)26(34)27(36)32-21(15-31)10-18-6-4-16(12-23(18)30)17-5-7-19-14-25(35)33-24(19)13-17/h4-7,12-13,20-22,26H,8-11,14H2,1-3H3,(H,32,36)(H,33,35)/t20?,21?,22-,26+/m1/s1. The van der Waals surface area contributed by atoms with Gasteiger partial charge in [0.05, 0.1) is 12.5 Å². The topological polar surface area (TPSA) is 112 Å². The Kier molecular flexibility index (Phi) is 6.59. The van der Waals surface area contributed by atoms with Crippen LogP contribution in [0.1, 0.15) is 51.2 Å². The van der Waals surface area contributed by atoms with Gasteiger partial charge in [-0.05, 0) is 80.3 Å². The van der Waals surface area contributed by atoms with E-state index < -0.39 is 35.5 Å². The lowest BCUT2D eigenvalue weighted by Gasteiger charge is -2.35. The van der Waals surface area contributed by atoms with Gasteiger partial charge in [0.1, 0.15) is 23.5 Å². The molecule has 2 aliphatic heterocycles. The number of nitrogens with one attached hydrogen (secondary N) is 2. The van der Waals surface area contributed by atoms with Crippen LogP contribution in [0.2, 0.25) is 0 Å². The van der Waals surface area contributed by atoms with Crippen molar-refractivity contribution in [3.05, 3.63) is 53.3 Å². The third-order valence-corrected chi connectivity index (χ3v) is 7.48. The summed E-state index contributed by atoms with van der Waals surface area (Å²) in [6.07, 6.45) is 2.19. The van der Waals surface area contributed by atoms with Crippen molar-refractivity contribution in [1.29, 1.82) is 5.26 Å². The molecule has 2 unspecified atom stereocenters. The number of fused-ring (bicyclic) bond motifs is 3. The van der Waals surface area contributed by atoms with Crippen LogP contribution in [0.25, 0.3) is 11.1 Å². The van der Waals surface area contributed by atoms with Gasteiger partial charge in [-0.25, -0.2) is 9.18 Å². The molecule has 0 spiro atoms. The molecule has 2 aromatic carbocycles. The molecule has 4 atom stereocenters. The molecule has 198 valence electrons. The van der Waals surface area contributed by atoms with Crippen molar-refractivity contribution in [3.8, 4) is 17.2 Å². The second-order valence-corrected chi connectivity index (χ2v) is 11.4. The normalized spacial score (nSPS) is 22.4. The second kappa shape index (κ2) is 9.75. The first kappa shape index (κ1) is 25.7. The quantitative estimate of drug-likeness (QED) is 0.612. The Balaban J connectivity index is 1.27. The van der Waals surface area contributed by atoms with Crippen molar-refractivity contribution >= 4 is 23.6 Å². The van der Waals surface area contributed by atoms with E-state index >= 15 is 4.39 Å². The molecular weight excluding hydrogens is 487 g/mol. The van der Waals surface area contributed by atoms with E-state index in [1.165, 1.54) is 11.0 Å². The highest BCUT2D eigenvalue weighted by molar-refractivity contribution is 6.00. The van der Waals surface area contributed by atoms with E-state index in [0.29, 0.717) is 17.5 Å². The highest BCUT2D eigenvalue weighted by Crippen LogP contribution is 2.43. The number of hydrogen-bond acceptors (Lipinski definition) is 5. The molecule has 8 nitrogen and oxygen atoms in total. The molecule has 1 saturated carbocycles. The first-order chi connectivity index (χ1) is 18.0. The van der Waals surface area contributed by atoms with Crippen molar-refractivity contribution in [3.63, 3.8) is 0 Å². The molecule has 0 aromatic heterocycles. The zero-order chi connectivity index (χ0) is 27.2. The predicted molar refractivity (Wildman–Crippen MR) is 138 cm³/mol. The van der Waals surface area contributed by atoms with Crippen molar-refractivity contribution < 1.29 is 23.5 Å². The van der Waals surface area contributed by atoms with Gasteiger partial charge in [0.2, 0.25) is 11.8 Å². The van der Waals surface area contributed by atoms with Gasteiger partial charge in [0, 0.05) is 18.2 Å². The number of amides is 3. The Morgan fingerprint density at radius 1 is 1.21 bits per heavy atom. The molecule has 2 fully saturated rings. The lowest BCUT2D eigenvalue weighted by Crippen LogP contribution is -2.55. The van der Waals surface area contributed by atoms with Gasteiger partial charge in [-0.3, -0.25) is 14.5 Å². The molecule has 2 bridgehead atoms. The summed E-state index contributed by atoms with van der Waals surface area (Å²) in [7, 11) is 0. The number of likely N-dealkylation sites (tertiary alicyclic amines) is 1. The summed E-state index contributed by atoms with van der Waals surface area (Å²) in [5, 5.41) is 15.3. The van der Waals surface area contributed by atoms with Gasteiger partial charge < -0.3 is 15.4 Å². The molecule has 38 heavy (non-hydrogen) atoms. The molecule has 2 aromatic rings. The van der Waals surface area contributed by atoms with Gasteiger partial charge in [0.25, 0.3) is 0 Å². The number of nitriles is 1. The average Bonchev–Trinajstić information content (AvgIpc) is 3.56. The Hall–Kier alpha value is -3.93. The second-order valence-electron chi connectivity index (χ2n) is 11.4. The fraction of sp³-hybridized carbons (Fsp3) is 0.448. The maximum atomic E-state index is 15.1. The van der Waals surface area contributed by atoms with Crippen molar-refractivity contribution in [1.82, 2.24) is 10.2 Å². The minimum Gasteiger partial charge on any atom is -0.444 e. The lowest BCUT2D eigenvalue weighted by atomic mass is 9.96. The van der Waals surface area contributed by atoms with Crippen molar-refractivity contribution in [2.45, 2.75) is 76.6 Å². The van der Waals surface area contributed by atoms with E-state index in [1.807, 2.05) is 18.2 Å². The molecule has 9 heteroatoms. The molecule has 3 aliphatic rings. The Morgan fingerprint density at radius 3 is 2.66 bits per heavy atom. The number of hydrogen-bond donors (Lipinski definition) is 2. The summed E-state index contributed by atoms with van der Waals surface area (Å²) in [5.41, 5.74) is 2.65. The fourth-order valence-corrected chi connectivity index (χ4v) is 5.80. The molecular formula is C29H31FN4O4. The van der Waals surface area contributed by atoms with E-state index in [2.05, 4.69) is 16.7 Å². The van der Waals surface area contributed by atoms with Crippen LogP contribution in [0.3, 0.4) is 0 Å². The van der Waals surface area contributed by atoms with Crippen LogP contribution in [0.15, 0.2) is 36.4 Å². The van der Waals surface area contributed by atoms with Gasteiger partial charge in [-0.1, -0.05) is 24.3 Å². The molecule has 1 saturated heterocycles. The summed E-state index contributed by atoms with van der Waals surface area (Å²) in [4.78, 5) is 39.3. The number of piperidine rings is 1. The van der Waals surface area contributed by atoms with Crippen LogP contribution in [0.4, 0.5) is 14.9 Å². The molecule has 2 heterocycles. The Morgan fingerprint density at radius 2 is 1.95 bits per heavy atom. The number of carbonyl (C=O) groups is 3. The number of nitrogens with zero attached hydrogens (tertiary/aromatic N) is 2. The number of benzene rings is 2. The van der Waals surface area contributed by atoms with Crippen LogP contribution >= 0.6 is 0 Å². The first-order valence-electron chi connectivity index (χ1n) is 13.0. The minimum absolute atomic E-state index is 0.0121. The maximum absolute atomic E-state index is 15.1. The summed E-state index contributed by atoms with van der Waals surface area (Å²) in [6, 6.07) is 10.6. The molecule has 2 N–H and O–H groups in total.